The Hall–Kier alpha value is -2.41. The molecule has 6 atom stereocenters. The van der Waals surface area contributed by atoms with Gasteiger partial charge in [-0.25, -0.2) is 9.59 Å². The minimum atomic E-state index is -1.07. The van der Waals surface area contributed by atoms with Crippen molar-refractivity contribution in [3.05, 3.63) is 35.5 Å². The average molecular weight is 406 g/mol. The first kappa shape index (κ1) is 22.9. The maximum atomic E-state index is 12.4. The zero-order chi connectivity index (χ0) is 21.9. The predicted molar refractivity (Wildman–Crippen MR) is 106 cm³/mol. The molecular formula is C22H30O7. The van der Waals surface area contributed by atoms with Crippen molar-refractivity contribution in [1.29, 1.82) is 0 Å². The largest absolute Gasteiger partial charge is 0.459 e. The molecule has 0 spiro atoms. The number of esters is 3. The van der Waals surface area contributed by atoms with Crippen molar-refractivity contribution >= 4 is 17.9 Å². The average Bonchev–Trinajstić information content (AvgIpc) is 2.91. The lowest BCUT2D eigenvalue weighted by Gasteiger charge is -2.33. The molecule has 0 aromatic carbocycles. The summed E-state index contributed by atoms with van der Waals surface area (Å²) in [5.41, 5.74) is 1.33. The molecular weight excluding hydrogens is 376 g/mol. The summed E-state index contributed by atoms with van der Waals surface area (Å²) in [6.07, 6.45) is 0.873. The van der Waals surface area contributed by atoms with Crippen LogP contribution < -0.4 is 0 Å². The first-order valence-corrected chi connectivity index (χ1v) is 9.82. The minimum Gasteiger partial charge on any atom is -0.459 e. The SMILES string of the molecule is C=C1C(=O)O[C@@H]2/C=C(\C)[C@@H](O)[C@H](OC(C)=O)C[C@H](C)[C@@H](OC(=O)/C(C)=C\C)C[C@@H]12. The Morgan fingerprint density at radius 3 is 2.48 bits per heavy atom. The van der Waals surface area contributed by atoms with Gasteiger partial charge in [-0.1, -0.05) is 19.6 Å². The molecule has 1 fully saturated rings. The molecule has 2 aliphatic rings. The van der Waals surface area contributed by atoms with Crippen LogP contribution in [-0.4, -0.2) is 47.4 Å². The molecule has 7 nitrogen and oxygen atoms in total. The van der Waals surface area contributed by atoms with E-state index >= 15 is 0 Å². The molecule has 0 aromatic heterocycles. The van der Waals surface area contributed by atoms with Crippen LogP contribution in [-0.2, 0) is 28.6 Å². The molecule has 0 aromatic rings. The molecule has 1 aliphatic heterocycles. The van der Waals surface area contributed by atoms with Crippen LogP contribution in [0.1, 0.15) is 47.5 Å². The van der Waals surface area contributed by atoms with Gasteiger partial charge in [0.1, 0.15) is 24.4 Å². The van der Waals surface area contributed by atoms with Gasteiger partial charge in [0, 0.05) is 24.0 Å². The van der Waals surface area contributed by atoms with Crippen molar-refractivity contribution in [3.8, 4) is 0 Å². The highest BCUT2D eigenvalue weighted by Gasteiger charge is 2.43. The quantitative estimate of drug-likeness (QED) is 0.333. The predicted octanol–water partition coefficient (Wildman–Crippen LogP) is 2.63. The minimum absolute atomic E-state index is 0.252. The molecule has 7 heteroatoms. The second-order valence-corrected chi connectivity index (χ2v) is 7.87. The molecule has 0 bridgehead atoms. The summed E-state index contributed by atoms with van der Waals surface area (Å²) in [5, 5.41) is 10.7. The molecule has 1 heterocycles. The fourth-order valence-electron chi connectivity index (χ4n) is 3.68. The van der Waals surface area contributed by atoms with Crippen LogP contribution >= 0.6 is 0 Å². The third-order valence-electron chi connectivity index (χ3n) is 5.65. The summed E-state index contributed by atoms with van der Waals surface area (Å²) in [4.78, 5) is 36.0. The summed E-state index contributed by atoms with van der Waals surface area (Å²) < 4.78 is 16.5. The second kappa shape index (κ2) is 9.39. The summed E-state index contributed by atoms with van der Waals surface area (Å²) in [5.74, 6) is -2.09. The lowest BCUT2D eigenvalue weighted by Crippen LogP contribution is -2.39. The van der Waals surface area contributed by atoms with Crippen LogP contribution in [0.5, 0.6) is 0 Å². The first-order chi connectivity index (χ1) is 13.5. The Balaban J connectivity index is 2.43. The van der Waals surface area contributed by atoms with Gasteiger partial charge in [-0.3, -0.25) is 4.79 Å². The van der Waals surface area contributed by atoms with Gasteiger partial charge in [0.15, 0.2) is 0 Å². The molecule has 2 rings (SSSR count). The van der Waals surface area contributed by atoms with Crippen molar-refractivity contribution in [2.24, 2.45) is 11.8 Å². The van der Waals surface area contributed by atoms with Crippen LogP contribution in [0.15, 0.2) is 35.5 Å². The second-order valence-electron chi connectivity index (χ2n) is 7.87. The summed E-state index contributed by atoms with van der Waals surface area (Å²) in [6.45, 7) is 12.1. The molecule has 160 valence electrons. The third kappa shape index (κ3) is 5.35. The van der Waals surface area contributed by atoms with E-state index in [4.69, 9.17) is 14.2 Å². The number of aliphatic hydroxyl groups excluding tert-OH is 1. The summed E-state index contributed by atoms with van der Waals surface area (Å²) in [7, 11) is 0. The summed E-state index contributed by atoms with van der Waals surface area (Å²) >= 11 is 0. The fourth-order valence-corrected chi connectivity index (χ4v) is 3.68. The molecule has 29 heavy (non-hydrogen) atoms. The van der Waals surface area contributed by atoms with Gasteiger partial charge in [0.25, 0.3) is 0 Å². The number of hydrogen-bond donors (Lipinski definition) is 1. The molecule has 1 aliphatic carbocycles. The zero-order valence-electron chi connectivity index (χ0n) is 17.6. The van der Waals surface area contributed by atoms with Gasteiger partial charge in [-0.05, 0) is 51.2 Å². The van der Waals surface area contributed by atoms with Crippen LogP contribution in [0, 0.1) is 11.8 Å². The standard InChI is InChI=1S/C22H30O7/c1-7-11(2)21(25)28-17-10-16-14(5)22(26)29-18(16)9-13(4)20(24)19(8-12(17)3)27-15(6)23/h7,9,12,16-20,24H,5,8,10H2,1-4,6H3/b11-7-,13-9+/t12-,16-,17-,18+,19+,20+/m0/s1. The van der Waals surface area contributed by atoms with Crippen molar-refractivity contribution in [3.63, 3.8) is 0 Å². The number of carbonyl (C=O) groups excluding carboxylic acids is 3. The molecule has 1 N–H and O–H groups in total. The van der Waals surface area contributed by atoms with Crippen LogP contribution in [0.3, 0.4) is 0 Å². The lowest BCUT2D eigenvalue weighted by atomic mass is 9.81. The monoisotopic (exact) mass is 406 g/mol. The Kier molecular flexibility index (Phi) is 7.41. The van der Waals surface area contributed by atoms with Crippen molar-refractivity contribution in [2.75, 3.05) is 0 Å². The highest BCUT2D eigenvalue weighted by molar-refractivity contribution is 5.91. The highest BCUT2D eigenvalue weighted by atomic mass is 16.6. The topological polar surface area (TPSA) is 99.1 Å². The highest BCUT2D eigenvalue weighted by Crippen LogP contribution is 2.37. The number of aliphatic hydroxyl groups is 1. The van der Waals surface area contributed by atoms with Crippen LogP contribution in [0.25, 0.3) is 0 Å². The van der Waals surface area contributed by atoms with Crippen molar-refractivity contribution < 1.29 is 33.7 Å². The molecule has 0 saturated carbocycles. The van der Waals surface area contributed by atoms with E-state index in [1.165, 1.54) is 6.92 Å². The van der Waals surface area contributed by atoms with E-state index in [2.05, 4.69) is 6.58 Å². The van der Waals surface area contributed by atoms with Crippen molar-refractivity contribution in [2.45, 2.75) is 71.9 Å². The van der Waals surface area contributed by atoms with Gasteiger partial charge < -0.3 is 19.3 Å². The van der Waals surface area contributed by atoms with Gasteiger partial charge in [-0.15, -0.1) is 0 Å². The Morgan fingerprint density at radius 1 is 1.24 bits per heavy atom. The maximum Gasteiger partial charge on any atom is 0.334 e. The van der Waals surface area contributed by atoms with E-state index in [1.807, 2.05) is 6.92 Å². The van der Waals surface area contributed by atoms with Gasteiger partial charge in [0.05, 0.1) is 0 Å². The van der Waals surface area contributed by atoms with Gasteiger partial charge in [0.2, 0.25) is 0 Å². The first-order valence-electron chi connectivity index (χ1n) is 9.82. The molecule has 0 amide bonds. The Morgan fingerprint density at radius 2 is 1.90 bits per heavy atom. The number of fused-ring (bicyclic) bond motifs is 1. The zero-order valence-corrected chi connectivity index (χ0v) is 17.6. The molecule has 0 unspecified atom stereocenters. The van der Waals surface area contributed by atoms with Gasteiger partial charge >= 0.3 is 17.9 Å². The number of rotatable bonds is 3. The third-order valence-corrected chi connectivity index (χ3v) is 5.65. The smallest absolute Gasteiger partial charge is 0.334 e. The maximum absolute atomic E-state index is 12.4. The number of ether oxygens (including phenoxy) is 3. The van der Waals surface area contributed by atoms with Crippen LogP contribution in [0.4, 0.5) is 0 Å². The fraction of sp³-hybridized carbons (Fsp3) is 0.591. The number of carbonyl (C=O) groups is 3. The Bertz CT molecular complexity index is 748. The van der Waals surface area contributed by atoms with Crippen LogP contribution in [0.2, 0.25) is 0 Å². The molecule has 0 radical (unpaired) electrons. The Labute approximate surface area is 171 Å². The van der Waals surface area contributed by atoms with E-state index in [1.54, 1.807) is 32.9 Å². The number of allylic oxidation sites excluding steroid dienone is 1. The van der Waals surface area contributed by atoms with Crippen molar-refractivity contribution in [1.82, 2.24) is 0 Å². The van der Waals surface area contributed by atoms with E-state index in [-0.39, 0.29) is 18.3 Å². The van der Waals surface area contributed by atoms with Gasteiger partial charge in [-0.2, -0.15) is 0 Å². The van der Waals surface area contributed by atoms with E-state index in [9.17, 15) is 19.5 Å². The van der Waals surface area contributed by atoms with E-state index in [0.29, 0.717) is 23.1 Å². The lowest BCUT2D eigenvalue weighted by molar-refractivity contribution is -0.157. The van der Waals surface area contributed by atoms with E-state index < -0.39 is 42.3 Å². The normalized spacial score (nSPS) is 35.1. The summed E-state index contributed by atoms with van der Waals surface area (Å²) in [6, 6.07) is 0. The van der Waals surface area contributed by atoms with E-state index in [0.717, 1.165) is 0 Å². The molecule has 1 saturated heterocycles. The number of hydrogen-bond acceptors (Lipinski definition) is 7.